The molecule has 1 heterocycles. The summed E-state index contributed by atoms with van der Waals surface area (Å²) < 4.78 is 5.46. The van der Waals surface area contributed by atoms with E-state index in [1.807, 2.05) is 0 Å². The lowest BCUT2D eigenvalue weighted by atomic mass is 9.94. The molecule has 1 fully saturated rings. The van der Waals surface area contributed by atoms with Gasteiger partial charge in [-0.15, -0.1) is 0 Å². The van der Waals surface area contributed by atoms with Gasteiger partial charge in [-0.05, 0) is 37.5 Å². The number of hydrogen-bond donors (Lipinski definition) is 3. The van der Waals surface area contributed by atoms with Crippen LogP contribution in [0.1, 0.15) is 25.3 Å². The first-order valence-corrected chi connectivity index (χ1v) is 5.93. The fourth-order valence-corrected chi connectivity index (χ4v) is 2.07. The van der Waals surface area contributed by atoms with E-state index in [1.54, 1.807) is 12.1 Å². The van der Waals surface area contributed by atoms with Crippen LogP contribution < -0.4 is 5.32 Å². The molecule has 1 aromatic rings. The van der Waals surface area contributed by atoms with Crippen LogP contribution in [-0.2, 0) is 11.3 Å². The molecule has 0 aliphatic carbocycles. The second-order valence-corrected chi connectivity index (χ2v) is 4.89. The van der Waals surface area contributed by atoms with Gasteiger partial charge in [0, 0.05) is 18.7 Å². The lowest BCUT2D eigenvalue weighted by Crippen LogP contribution is -2.48. The maximum Gasteiger partial charge on any atom is 0.157 e. The number of aromatic hydroxyl groups is 2. The fraction of sp³-hybridized carbons (Fsp3) is 0.538. The molecule has 4 heteroatoms. The van der Waals surface area contributed by atoms with E-state index in [4.69, 9.17) is 4.74 Å². The molecule has 1 saturated heterocycles. The van der Waals surface area contributed by atoms with Crippen molar-refractivity contribution < 1.29 is 14.9 Å². The molecule has 4 nitrogen and oxygen atoms in total. The molecule has 0 bridgehead atoms. The number of phenolic OH excluding ortho intramolecular Hbond substituents is 2. The quantitative estimate of drug-likeness (QED) is 0.701. The average molecular weight is 237 g/mol. The van der Waals surface area contributed by atoms with Crippen molar-refractivity contribution in [1.82, 2.24) is 5.32 Å². The first kappa shape index (κ1) is 12.2. The van der Waals surface area contributed by atoms with E-state index >= 15 is 0 Å². The summed E-state index contributed by atoms with van der Waals surface area (Å²) in [6.07, 6.45) is 2.17. The third-order valence-electron chi connectivity index (χ3n) is 3.20. The Morgan fingerprint density at radius 2 is 2.18 bits per heavy atom. The van der Waals surface area contributed by atoms with Crippen molar-refractivity contribution in [2.75, 3.05) is 13.2 Å². The molecule has 1 unspecified atom stereocenters. The van der Waals surface area contributed by atoms with Gasteiger partial charge in [0.2, 0.25) is 0 Å². The SMILES string of the molecule is CC1(NCc2ccc(O)c(O)c2)CCCOC1. The molecule has 0 amide bonds. The predicted octanol–water partition coefficient (Wildman–Crippen LogP) is 1.76. The molecule has 0 saturated carbocycles. The van der Waals surface area contributed by atoms with Crippen molar-refractivity contribution in [3.63, 3.8) is 0 Å². The van der Waals surface area contributed by atoms with Crippen molar-refractivity contribution in [3.05, 3.63) is 23.8 Å². The Balaban J connectivity index is 1.94. The van der Waals surface area contributed by atoms with Crippen molar-refractivity contribution in [2.45, 2.75) is 31.8 Å². The number of hydrogen-bond acceptors (Lipinski definition) is 4. The highest BCUT2D eigenvalue weighted by atomic mass is 16.5. The summed E-state index contributed by atoms with van der Waals surface area (Å²) in [7, 11) is 0. The van der Waals surface area contributed by atoms with Gasteiger partial charge in [-0.3, -0.25) is 0 Å². The van der Waals surface area contributed by atoms with E-state index in [9.17, 15) is 10.2 Å². The number of phenols is 2. The summed E-state index contributed by atoms with van der Waals surface area (Å²) in [5.74, 6) is -0.157. The molecule has 1 aliphatic heterocycles. The van der Waals surface area contributed by atoms with E-state index < -0.39 is 0 Å². The molecule has 1 atom stereocenters. The maximum atomic E-state index is 9.40. The summed E-state index contributed by atoms with van der Waals surface area (Å²) >= 11 is 0. The number of benzene rings is 1. The van der Waals surface area contributed by atoms with Gasteiger partial charge in [0.05, 0.1) is 6.61 Å². The Hall–Kier alpha value is -1.26. The predicted molar refractivity (Wildman–Crippen MR) is 65.1 cm³/mol. The van der Waals surface area contributed by atoms with Crippen LogP contribution in [-0.4, -0.2) is 29.0 Å². The first-order valence-electron chi connectivity index (χ1n) is 5.93. The molecule has 2 rings (SSSR count). The van der Waals surface area contributed by atoms with Gasteiger partial charge >= 0.3 is 0 Å². The molecule has 1 aromatic carbocycles. The smallest absolute Gasteiger partial charge is 0.157 e. The molecule has 0 radical (unpaired) electrons. The van der Waals surface area contributed by atoms with Crippen LogP contribution in [0.15, 0.2) is 18.2 Å². The second kappa shape index (κ2) is 4.94. The van der Waals surface area contributed by atoms with Gasteiger partial charge in [0.1, 0.15) is 0 Å². The van der Waals surface area contributed by atoms with Crippen molar-refractivity contribution in [3.8, 4) is 11.5 Å². The van der Waals surface area contributed by atoms with Crippen LogP contribution in [0, 0.1) is 0 Å². The van der Waals surface area contributed by atoms with Crippen LogP contribution in [0.2, 0.25) is 0 Å². The summed E-state index contributed by atoms with van der Waals surface area (Å²) in [5.41, 5.74) is 0.957. The lowest BCUT2D eigenvalue weighted by Gasteiger charge is -2.34. The molecule has 1 aliphatic rings. The Labute approximate surface area is 101 Å². The molecule has 0 spiro atoms. The molecule has 0 aromatic heterocycles. The van der Waals surface area contributed by atoms with Gasteiger partial charge in [-0.2, -0.15) is 0 Å². The maximum absolute atomic E-state index is 9.40. The largest absolute Gasteiger partial charge is 0.504 e. The number of ether oxygens (including phenoxy) is 1. The minimum absolute atomic E-state index is 0.00571. The minimum atomic E-state index is -0.0824. The van der Waals surface area contributed by atoms with Crippen LogP contribution in [0.5, 0.6) is 11.5 Å². The monoisotopic (exact) mass is 237 g/mol. The van der Waals surface area contributed by atoms with Gasteiger partial charge < -0.3 is 20.3 Å². The molecular formula is C13H19NO3. The van der Waals surface area contributed by atoms with Gasteiger partial charge in [0.15, 0.2) is 11.5 Å². The van der Waals surface area contributed by atoms with Crippen molar-refractivity contribution in [1.29, 1.82) is 0 Å². The normalized spacial score (nSPS) is 24.8. The van der Waals surface area contributed by atoms with Crippen LogP contribution >= 0.6 is 0 Å². The summed E-state index contributed by atoms with van der Waals surface area (Å²) in [5, 5.41) is 22.1. The highest BCUT2D eigenvalue weighted by Gasteiger charge is 2.26. The summed E-state index contributed by atoms with van der Waals surface area (Å²) in [6, 6.07) is 4.89. The van der Waals surface area contributed by atoms with Crippen LogP contribution in [0.4, 0.5) is 0 Å². The average Bonchev–Trinajstić information content (AvgIpc) is 2.32. The Kier molecular flexibility index (Phi) is 3.54. The molecule has 3 N–H and O–H groups in total. The van der Waals surface area contributed by atoms with E-state index in [1.165, 1.54) is 6.07 Å². The van der Waals surface area contributed by atoms with E-state index in [-0.39, 0.29) is 17.0 Å². The third-order valence-corrected chi connectivity index (χ3v) is 3.20. The highest BCUT2D eigenvalue weighted by Crippen LogP contribution is 2.25. The van der Waals surface area contributed by atoms with Crippen LogP contribution in [0.25, 0.3) is 0 Å². The Morgan fingerprint density at radius 3 is 2.82 bits per heavy atom. The third kappa shape index (κ3) is 3.11. The topological polar surface area (TPSA) is 61.7 Å². The first-order chi connectivity index (χ1) is 8.09. The van der Waals surface area contributed by atoms with E-state index in [2.05, 4.69) is 12.2 Å². The zero-order valence-electron chi connectivity index (χ0n) is 10.1. The van der Waals surface area contributed by atoms with Crippen molar-refractivity contribution >= 4 is 0 Å². The lowest BCUT2D eigenvalue weighted by molar-refractivity contribution is 0.0278. The van der Waals surface area contributed by atoms with E-state index in [0.717, 1.165) is 31.6 Å². The van der Waals surface area contributed by atoms with Crippen LogP contribution in [0.3, 0.4) is 0 Å². The zero-order chi connectivity index (χ0) is 12.3. The van der Waals surface area contributed by atoms with E-state index in [0.29, 0.717) is 6.54 Å². The number of nitrogens with one attached hydrogen (secondary N) is 1. The molecule has 94 valence electrons. The van der Waals surface area contributed by atoms with Crippen molar-refractivity contribution in [2.24, 2.45) is 0 Å². The van der Waals surface area contributed by atoms with Gasteiger partial charge in [0.25, 0.3) is 0 Å². The minimum Gasteiger partial charge on any atom is -0.504 e. The van der Waals surface area contributed by atoms with Gasteiger partial charge in [-0.1, -0.05) is 6.07 Å². The Morgan fingerprint density at radius 1 is 1.35 bits per heavy atom. The van der Waals surface area contributed by atoms with Gasteiger partial charge in [-0.25, -0.2) is 0 Å². The summed E-state index contributed by atoms with van der Waals surface area (Å²) in [6.45, 7) is 4.37. The second-order valence-electron chi connectivity index (χ2n) is 4.89. The molecular weight excluding hydrogens is 218 g/mol. The highest BCUT2D eigenvalue weighted by molar-refractivity contribution is 5.40. The standard InChI is InChI=1S/C13H19NO3/c1-13(5-2-6-17-9-13)14-8-10-3-4-11(15)12(16)7-10/h3-4,7,14-16H,2,5-6,8-9H2,1H3. The number of rotatable bonds is 3. The Bertz CT molecular complexity index is 386. The summed E-state index contributed by atoms with van der Waals surface area (Å²) in [4.78, 5) is 0. The molecule has 17 heavy (non-hydrogen) atoms. The fourth-order valence-electron chi connectivity index (χ4n) is 2.07. The zero-order valence-corrected chi connectivity index (χ0v) is 10.1.